The number of nitrogens with one attached hydrogen (secondary N) is 2. The molecule has 158 valence electrons. The summed E-state index contributed by atoms with van der Waals surface area (Å²) >= 11 is 0. The van der Waals surface area contributed by atoms with Gasteiger partial charge in [0.2, 0.25) is 0 Å². The Morgan fingerprint density at radius 3 is 2.46 bits per heavy atom. The molecule has 0 bridgehead atoms. The van der Waals surface area contributed by atoms with Gasteiger partial charge in [0.1, 0.15) is 17.7 Å². The quantitative estimate of drug-likeness (QED) is 0.497. The zero-order valence-electron chi connectivity index (χ0n) is 17.7. The lowest BCUT2D eigenvalue weighted by Gasteiger charge is -2.33. The first-order valence-corrected chi connectivity index (χ1v) is 10.3. The molecule has 2 N–H and O–H groups in total. The standard InChI is InChI=1S/C21H36FN5O/c1-5-23-21(24-14-17(2)16-27-12-10-26(4)11-13-27)25-15-18(3)28-20-8-6-19(22)7-9-20/h6-9,17-18H,5,10-16H2,1-4H3,(H2,23,24,25). The summed E-state index contributed by atoms with van der Waals surface area (Å²) in [5, 5.41) is 6.62. The Hall–Kier alpha value is -1.86. The lowest BCUT2D eigenvalue weighted by molar-refractivity contribution is 0.140. The van der Waals surface area contributed by atoms with Crippen LogP contribution in [0, 0.1) is 11.7 Å². The summed E-state index contributed by atoms with van der Waals surface area (Å²) in [7, 11) is 2.18. The van der Waals surface area contributed by atoms with E-state index < -0.39 is 0 Å². The van der Waals surface area contributed by atoms with Gasteiger partial charge >= 0.3 is 0 Å². The summed E-state index contributed by atoms with van der Waals surface area (Å²) < 4.78 is 18.8. The minimum atomic E-state index is -0.259. The van der Waals surface area contributed by atoms with Gasteiger partial charge in [0, 0.05) is 45.8 Å². The molecule has 1 aromatic carbocycles. The molecule has 1 fully saturated rings. The third kappa shape index (κ3) is 8.44. The van der Waals surface area contributed by atoms with Gasteiger partial charge in [-0.1, -0.05) is 6.92 Å². The van der Waals surface area contributed by atoms with Gasteiger partial charge in [-0.3, -0.25) is 4.99 Å². The van der Waals surface area contributed by atoms with Crippen LogP contribution in [0.5, 0.6) is 5.75 Å². The fourth-order valence-corrected chi connectivity index (χ4v) is 3.15. The number of guanidine groups is 1. The molecule has 0 aromatic heterocycles. The van der Waals surface area contributed by atoms with Gasteiger partial charge in [-0.25, -0.2) is 4.39 Å². The van der Waals surface area contributed by atoms with Crippen LogP contribution < -0.4 is 15.4 Å². The number of hydrogen-bond donors (Lipinski definition) is 2. The highest BCUT2D eigenvalue weighted by molar-refractivity contribution is 5.79. The van der Waals surface area contributed by atoms with Gasteiger partial charge in [-0.05, 0) is 51.1 Å². The van der Waals surface area contributed by atoms with Crippen LogP contribution in [0.2, 0.25) is 0 Å². The van der Waals surface area contributed by atoms with Crippen LogP contribution in [-0.4, -0.2) is 81.3 Å². The highest BCUT2D eigenvalue weighted by atomic mass is 19.1. The molecular formula is C21H36FN5O. The predicted octanol–water partition coefficient (Wildman–Crippen LogP) is 2.03. The minimum absolute atomic E-state index is 0.0583. The topological polar surface area (TPSA) is 52.1 Å². The molecule has 0 aliphatic carbocycles. The van der Waals surface area contributed by atoms with Crippen molar-refractivity contribution in [1.82, 2.24) is 20.4 Å². The molecule has 1 aliphatic heterocycles. The molecule has 1 aromatic rings. The van der Waals surface area contributed by atoms with Gasteiger partial charge in [-0.2, -0.15) is 0 Å². The van der Waals surface area contributed by atoms with Crippen molar-refractivity contribution in [1.29, 1.82) is 0 Å². The van der Waals surface area contributed by atoms with Crippen LogP contribution in [0.3, 0.4) is 0 Å². The van der Waals surface area contributed by atoms with Crippen molar-refractivity contribution in [2.45, 2.75) is 26.9 Å². The maximum atomic E-state index is 13.0. The summed E-state index contributed by atoms with van der Waals surface area (Å²) in [6.45, 7) is 14.2. The van der Waals surface area contributed by atoms with E-state index in [1.807, 2.05) is 6.92 Å². The normalized spacial score (nSPS) is 18.5. The van der Waals surface area contributed by atoms with Crippen LogP contribution in [0.15, 0.2) is 29.3 Å². The van der Waals surface area contributed by atoms with Crippen molar-refractivity contribution in [3.8, 4) is 5.75 Å². The Morgan fingerprint density at radius 1 is 1.14 bits per heavy atom. The van der Waals surface area contributed by atoms with Crippen LogP contribution in [-0.2, 0) is 0 Å². The van der Waals surface area contributed by atoms with Crippen LogP contribution in [0.4, 0.5) is 4.39 Å². The maximum Gasteiger partial charge on any atom is 0.191 e. The van der Waals surface area contributed by atoms with Crippen molar-refractivity contribution in [3.63, 3.8) is 0 Å². The maximum absolute atomic E-state index is 13.0. The Labute approximate surface area is 169 Å². The van der Waals surface area contributed by atoms with Crippen molar-refractivity contribution < 1.29 is 9.13 Å². The highest BCUT2D eigenvalue weighted by Gasteiger charge is 2.16. The van der Waals surface area contributed by atoms with Crippen molar-refractivity contribution in [2.75, 3.05) is 59.4 Å². The number of likely N-dealkylation sites (N-methyl/N-ethyl adjacent to an activating group) is 1. The molecule has 0 amide bonds. The molecule has 0 saturated carbocycles. The second-order valence-electron chi connectivity index (χ2n) is 7.69. The van der Waals surface area contributed by atoms with E-state index in [1.54, 1.807) is 12.1 Å². The number of piperazine rings is 1. The number of aliphatic imine (C=N–C) groups is 1. The number of hydrogen-bond acceptors (Lipinski definition) is 4. The van der Waals surface area contributed by atoms with E-state index in [2.05, 4.69) is 41.3 Å². The second kappa shape index (κ2) is 11.9. The van der Waals surface area contributed by atoms with Gasteiger partial charge in [0.05, 0.1) is 6.54 Å². The first kappa shape index (κ1) is 22.4. The molecule has 28 heavy (non-hydrogen) atoms. The molecule has 1 heterocycles. The van der Waals surface area contributed by atoms with E-state index >= 15 is 0 Å². The summed E-state index contributed by atoms with van der Waals surface area (Å²) in [5.74, 6) is 1.72. The van der Waals surface area contributed by atoms with E-state index in [9.17, 15) is 4.39 Å². The second-order valence-corrected chi connectivity index (χ2v) is 7.69. The highest BCUT2D eigenvalue weighted by Crippen LogP contribution is 2.12. The molecule has 0 radical (unpaired) electrons. The third-order valence-corrected chi connectivity index (χ3v) is 4.78. The average Bonchev–Trinajstić information content (AvgIpc) is 2.67. The summed E-state index contributed by atoms with van der Waals surface area (Å²) in [4.78, 5) is 9.64. The van der Waals surface area contributed by atoms with Crippen molar-refractivity contribution in [3.05, 3.63) is 30.1 Å². The lowest BCUT2D eigenvalue weighted by atomic mass is 10.1. The van der Waals surface area contributed by atoms with Crippen molar-refractivity contribution in [2.24, 2.45) is 10.9 Å². The average molecular weight is 394 g/mol. The zero-order valence-corrected chi connectivity index (χ0v) is 17.7. The number of ether oxygens (including phenoxy) is 1. The minimum Gasteiger partial charge on any atom is -0.489 e. The van der Waals surface area contributed by atoms with E-state index in [0.717, 1.165) is 51.8 Å². The van der Waals surface area contributed by atoms with Gasteiger partial charge in [0.15, 0.2) is 5.96 Å². The van der Waals surface area contributed by atoms with E-state index in [0.29, 0.717) is 18.2 Å². The first-order chi connectivity index (χ1) is 13.5. The van der Waals surface area contributed by atoms with Crippen LogP contribution in [0.25, 0.3) is 0 Å². The van der Waals surface area contributed by atoms with Gasteiger partial charge < -0.3 is 25.2 Å². The number of nitrogens with zero attached hydrogens (tertiary/aromatic N) is 3. The van der Waals surface area contributed by atoms with E-state index in [1.165, 1.54) is 12.1 Å². The molecule has 2 atom stereocenters. The Kier molecular flexibility index (Phi) is 9.50. The largest absolute Gasteiger partial charge is 0.489 e. The molecule has 0 spiro atoms. The Balaban J connectivity index is 1.75. The smallest absolute Gasteiger partial charge is 0.191 e. The van der Waals surface area contributed by atoms with E-state index in [-0.39, 0.29) is 11.9 Å². The molecule has 2 rings (SSSR count). The molecule has 2 unspecified atom stereocenters. The molecule has 1 saturated heterocycles. The van der Waals surface area contributed by atoms with Gasteiger partial charge in [-0.15, -0.1) is 0 Å². The fraction of sp³-hybridized carbons (Fsp3) is 0.667. The first-order valence-electron chi connectivity index (χ1n) is 10.3. The summed E-state index contributed by atoms with van der Waals surface area (Å²) in [6, 6.07) is 6.10. The summed E-state index contributed by atoms with van der Waals surface area (Å²) in [5.41, 5.74) is 0. The predicted molar refractivity (Wildman–Crippen MR) is 114 cm³/mol. The monoisotopic (exact) mass is 393 g/mol. The molecule has 1 aliphatic rings. The number of benzene rings is 1. The molecule has 6 nitrogen and oxygen atoms in total. The third-order valence-electron chi connectivity index (χ3n) is 4.78. The number of halogens is 1. The molecule has 7 heteroatoms. The van der Waals surface area contributed by atoms with E-state index in [4.69, 9.17) is 9.73 Å². The summed E-state index contributed by atoms with van der Waals surface area (Å²) in [6.07, 6.45) is -0.0583. The van der Waals surface area contributed by atoms with Gasteiger partial charge in [0.25, 0.3) is 0 Å². The SMILES string of the molecule is CCNC(=NCC(C)CN1CCN(C)CC1)NCC(C)Oc1ccc(F)cc1. The lowest BCUT2D eigenvalue weighted by Crippen LogP contribution is -2.46. The van der Waals surface area contributed by atoms with Crippen LogP contribution >= 0.6 is 0 Å². The van der Waals surface area contributed by atoms with Crippen molar-refractivity contribution >= 4 is 5.96 Å². The Bertz CT molecular complexity index is 587. The van der Waals surface area contributed by atoms with Crippen LogP contribution in [0.1, 0.15) is 20.8 Å². The fourth-order valence-electron chi connectivity index (χ4n) is 3.15. The Morgan fingerprint density at radius 2 is 1.82 bits per heavy atom. The number of rotatable bonds is 9. The molecular weight excluding hydrogens is 357 g/mol. The zero-order chi connectivity index (χ0) is 20.4.